The van der Waals surface area contributed by atoms with E-state index in [1.165, 1.54) is 6.33 Å². The molecule has 0 saturated carbocycles. The summed E-state index contributed by atoms with van der Waals surface area (Å²) in [6.07, 6.45) is 3.88. The number of ether oxygens (including phenoxy) is 1. The highest BCUT2D eigenvalue weighted by Gasteiger charge is 2.23. The summed E-state index contributed by atoms with van der Waals surface area (Å²) in [5.74, 6) is 0.777. The highest BCUT2D eigenvalue weighted by Crippen LogP contribution is 2.21. The molecule has 1 aliphatic rings. The molecule has 2 heterocycles. The third-order valence-corrected chi connectivity index (χ3v) is 3.83. The van der Waals surface area contributed by atoms with Crippen molar-refractivity contribution >= 4 is 28.4 Å². The molecule has 1 unspecified atom stereocenters. The van der Waals surface area contributed by atoms with Crippen LogP contribution in [0.4, 0.5) is 5.82 Å². The molecule has 1 N–H and O–H groups in total. The number of rotatable bonds is 3. The smallest absolute Gasteiger partial charge is 0.266 e. The minimum Gasteiger partial charge on any atom is -0.377 e. The van der Waals surface area contributed by atoms with Crippen LogP contribution in [-0.4, -0.2) is 35.8 Å². The maximum Gasteiger partial charge on any atom is 0.266 e. The first kappa shape index (κ1) is 12.8. The Hall–Kier alpha value is -0.630. The van der Waals surface area contributed by atoms with E-state index in [1.807, 2.05) is 29.5 Å². The fraction of sp³-hybridized carbons (Fsp3) is 0.636. The number of hydrogen-bond acceptors (Lipinski definition) is 4. The van der Waals surface area contributed by atoms with Crippen LogP contribution in [0.2, 0.25) is 0 Å². The van der Waals surface area contributed by atoms with E-state index in [0.717, 1.165) is 38.4 Å². The van der Waals surface area contributed by atoms with Crippen molar-refractivity contribution in [1.29, 1.82) is 0 Å². The fourth-order valence-electron chi connectivity index (χ4n) is 2.10. The van der Waals surface area contributed by atoms with E-state index in [9.17, 15) is 4.79 Å². The molecule has 1 aliphatic heterocycles. The summed E-state index contributed by atoms with van der Waals surface area (Å²) in [4.78, 5) is 20.5. The number of H-pyrrole nitrogens is 1. The molecular weight excluding hydrogens is 333 g/mol. The Morgan fingerprint density at radius 2 is 2.53 bits per heavy atom. The lowest BCUT2D eigenvalue weighted by atomic mass is 10.1. The van der Waals surface area contributed by atoms with Crippen LogP contribution in [0.5, 0.6) is 0 Å². The molecule has 0 aromatic carbocycles. The molecule has 94 valence electrons. The number of aromatic amines is 1. The molecule has 0 aliphatic carbocycles. The average Bonchev–Trinajstić information content (AvgIpc) is 2.33. The molecule has 2 rings (SSSR count). The van der Waals surface area contributed by atoms with Gasteiger partial charge in [-0.2, -0.15) is 0 Å². The van der Waals surface area contributed by atoms with Crippen molar-refractivity contribution < 1.29 is 4.74 Å². The maximum absolute atomic E-state index is 11.5. The molecule has 0 radical (unpaired) electrons. The maximum atomic E-state index is 11.5. The van der Waals surface area contributed by atoms with Gasteiger partial charge >= 0.3 is 0 Å². The Bertz CT molecular complexity index is 433. The van der Waals surface area contributed by atoms with Gasteiger partial charge in [0.1, 0.15) is 9.39 Å². The van der Waals surface area contributed by atoms with Crippen LogP contribution in [0.3, 0.4) is 0 Å². The summed E-state index contributed by atoms with van der Waals surface area (Å²) in [5, 5.41) is 0. The zero-order valence-electron chi connectivity index (χ0n) is 9.78. The van der Waals surface area contributed by atoms with Crippen LogP contribution >= 0.6 is 22.6 Å². The summed E-state index contributed by atoms with van der Waals surface area (Å²) in [6.45, 7) is 4.50. The molecule has 1 aromatic rings. The lowest BCUT2D eigenvalue weighted by molar-refractivity contribution is 0.0525. The second kappa shape index (κ2) is 5.81. The van der Waals surface area contributed by atoms with Crippen LogP contribution in [0.15, 0.2) is 11.1 Å². The quantitative estimate of drug-likeness (QED) is 0.838. The number of nitrogens with zero attached hydrogens (tertiary/aromatic N) is 2. The predicted molar refractivity (Wildman–Crippen MR) is 74.4 cm³/mol. The largest absolute Gasteiger partial charge is 0.377 e. The first-order chi connectivity index (χ1) is 8.22. The lowest BCUT2D eigenvalue weighted by Crippen LogP contribution is -2.41. The molecule has 1 fully saturated rings. The van der Waals surface area contributed by atoms with Crippen LogP contribution in [0.25, 0.3) is 0 Å². The summed E-state index contributed by atoms with van der Waals surface area (Å²) < 4.78 is 6.30. The van der Waals surface area contributed by atoms with E-state index in [1.54, 1.807) is 0 Å². The molecule has 1 atom stereocenters. The molecule has 0 spiro atoms. The summed E-state index contributed by atoms with van der Waals surface area (Å²) >= 11 is 2.05. The van der Waals surface area contributed by atoms with Gasteiger partial charge in [-0.15, -0.1) is 0 Å². The van der Waals surface area contributed by atoms with Crippen LogP contribution in [-0.2, 0) is 4.74 Å². The molecule has 5 nitrogen and oxygen atoms in total. The van der Waals surface area contributed by atoms with Gasteiger partial charge in [0.2, 0.25) is 0 Å². The third-order valence-electron chi connectivity index (χ3n) is 2.86. The Labute approximate surface area is 114 Å². The van der Waals surface area contributed by atoms with Gasteiger partial charge in [0.25, 0.3) is 5.56 Å². The van der Waals surface area contributed by atoms with Crippen LogP contribution in [0, 0.1) is 3.57 Å². The van der Waals surface area contributed by atoms with Crippen molar-refractivity contribution in [3.05, 3.63) is 20.3 Å². The molecular formula is C11H16IN3O2. The zero-order valence-corrected chi connectivity index (χ0v) is 11.9. The van der Waals surface area contributed by atoms with Crippen molar-refractivity contribution in [2.45, 2.75) is 25.9 Å². The molecule has 1 aromatic heterocycles. The second-order valence-electron chi connectivity index (χ2n) is 4.03. The van der Waals surface area contributed by atoms with Crippen molar-refractivity contribution in [3.63, 3.8) is 0 Å². The van der Waals surface area contributed by atoms with E-state index in [-0.39, 0.29) is 11.7 Å². The standard InChI is InChI=1S/C11H16IN3O2/c1-2-17-8-4-3-5-15(6-8)10-9(12)11(16)14-7-13-10/h7-8H,2-6H2,1H3,(H,13,14,16). The second-order valence-corrected chi connectivity index (χ2v) is 5.11. The van der Waals surface area contributed by atoms with Crippen molar-refractivity contribution in [3.8, 4) is 0 Å². The molecule has 0 amide bonds. The van der Waals surface area contributed by atoms with Crippen LogP contribution in [0.1, 0.15) is 19.8 Å². The molecule has 17 heavy (non-hydrogen) atoms. The first-order valence-corrected chi connectivity index (χ1v) is 6.90. The molecule has 6 heteroatoms. The van der Waals surface area contributed by atoms with E-state index in [2.05, 4.69) is 14.9 Å². The van der Waals surface area contributed by atoms with Crippen molar-refractivity contribution in [1.82, 2.24) is 9.97 Å². The number of hydrogen-bond donors (Lipinski definition) is 1. The Morgan fingerprint density at radius 1 is 1.71 bits per heavy atom. The SMILES string of the molecule is CCOC1CCCN(c2nc[nH]c(=O)c2I)C1. The highest BCUT2D eigenvalue weighted by atomic mass is 127. The minimum absolute atomic E-state index is 0.0749. The lowest BCUT2D eigenvalue weighted by Gasteiger charge is -2.33. The van der Waals surface area contributed by atoms with E-state index in [0.29, 0.717) is 3.57 Å². The first-order valence-electron chi connectivity index (χ1n) is 5.82. The number of anilines is 1. The fourth-order valence-corrected chi connectivity index (χ4v) is 2.73. The van der Waals surface area contributed by atoms with E-state index < -0.39 is 0 Å². The average molecular weight is 349 g/mol. The Balaban J connectivity index is 2.16. The summed E-state index contributed by atoms with van der Waals surface area (Å²) in [5.41, 5.74) is -0.0749. The van der Waals surface area contributed by atoms with Gasteiger partial charge in [0.15, 0.2) is 0 Å². The molecule has 1 saturated heterocycles. The Kier molecular flexibility index (Phi) is 4.38. The number of halogens is 1. The number of aromatic nitrogens is 2. The van der Waals surface area contributed by atoms with Crippen molar-refractivity contribution in [2.24, 2.45) is 0 Å². The predicted octanol–water partition coefficient (Wildman–Crippen LogP) is 1.38. The summed E-state index contributed by atoms with van der Waals surface area (Å²) in [6, 6.07) is 0. The third kappa shape index (κ3) is 2.98. The van der Waals surface area contributed by atoms with Gasteiger partial charge in [-0.3, -0.25) is 4.79 Å². The zero-order chi connectivity index (χ0) is 12.3. The molecule has 0 bridgehead atoms. The topological polar surface area (TPSA) is 58.2 Å². The van der Waals surface area contributed by atoms with Gasteiger partial charge in [-0.25, -0.2) is 4.98 Å². The van der Waals surface area contributed by atoms with Crippen molar-refractivity contribution in [2.75, 3.05) is 24.6 Å². The monoisotopic (exact) mass is 349 g/mol. The van der Waals surface area contributed by atoms with E-state index in [4.69, 9.17) is 4.74 Å². The Morgan fingerprint density at radius 3 is 3.29 bits per heavy atom. The van der Waals surface area contributed by atoms with Gasteiger partial charge < -0.3 is 14.6 Å². The number of piperidine rings is 1. The van der Waals surface area contributed by atoms with Gasteiger partial charge in [-0.05, 0) is 42.4 Å². The minimum atomic E-state index is -0.0749. The normalized spacial score (nSPS) is 20.6. The van der Waals surface area contributed by atoms with Crippen LogP contribution < -0.4 is 10.5 Å². The van der Waals surface area contributed by atoms with Gasteiger partial charge in [-0.1, -0.05) is 0 Å². The number of nitrogens with one attached hydrogen (secondary N) is 1. The van der Waals surface area contributed by atoms with Gasteiger partial charge in [0, 0.05) is 19.7 Å². The van der Waals surface area contributed by atoms with Gasteiger partial charge in [0.05, 0.1) is 12.4 Å². The highest BCUT2D eigenvalue weighted by molar-refractivity contribution is 14.1. The van der Waals surface area contributed by atoms with E-state index >= 15 is 0 Å². The summed E-state index contributed by atoms with van der Waals surface area (Å²) in [7, 11) is 0.